The van der Waals surface area contributed by atoms with Crippen LogP contribution < -0.4 is 20.9 Å². The van der Waals surface area contributed by atoms with E-state index in [2.05, 4.69) is 16.2 Å². The minimum Gasteiger partial charge on any atom is -0.492 e. The van der Waals surface area contributed by atoms with Crippen LogP contribution >= 0.6 is 11.6 Å². The van der Waals surface area contributed by atoms with Crippen LogP contribution in [0, 0.1) is 12.8 Å². The zero-order valence-electron chi connectivity index (χ0n) is 15.0. The molecule has 1 fully saturated rings. The van der Waals surface area contributed by atoms with Crippen LogP contribution in [0.3, 0.4) is 0 Å². The molecule has 0 aliphatic carbocycles. The fourth-order valence-electron chi connectivity index (χ4n) is 3.07. The molecule has 1 heterocycles. The van der Waals surface area contributed by atoms with Crippen molar-refractivity contribution < 1.29 is 9.53 Å². The first-order chi connectivity index (χ1) is 12.6. The number of rotatable bonds is 6. The molecule has 138 valence electrons. The lowest BCUT2D eigenvalue weighted by Gasteiger charge is -2.19. The number of amides is 1. The standard InChI is InChI=1S/C20H24ClN3O2/c1-3-26-18-9-8-15(10-17(18)21)19-16(12-23-24-19)20(25)22-11-14-6-4-13(2)5-7-14/h4-10,16,19,23-24H,3,11-12H2,1-2H3,(H,22,25). The van der Waals surface area contributed by atoms with Crippen LogP contribution in [0.5, 0.6) is 5.75 Å². The van der Waals surface area contributed by atoms with Crippen molar-refractivity contribution in [1.29, 1.82) is 0 Å². The molecule has 26 heavy (non-hydrogen) atoms. The molecule has 1 saturated heterocycles. The van der Waals surface area contributed by atoms with Crippen molar-refractivity contribution in [3.63, 3.8) is 0 Å². The molecule has 2 aromatic rings. The van der Waals surface area contributed by atoms with Crippen LogP contribution in [0.15, 0.2) is 42.5 Å². The van der Waals surface area contributed by atoms with Crippen LogP contribution in [0.25, 0.3) is 0 Å². The molecule has 3 N–H and O–H groups in total. The van der Waals surface area contributed by atoms with Crippen LogP contribution in [0.1, 0.15) is 29.7 Å². The third kappa shape index (κ3) is 4.36. The van der Waals surface area contributed by atoms with Crippen molar-refractivity contribution in [3.05, 3.63) is 64.2 Å². The van der Waals surface area contributed by atoms with E-state index in [1.807, 2.05) is 56.3 Å². The van der Waals surface area contributed by atoms with Crippen LogP contribution in [0.2, 0.25) is 5.02 Å². The molecule has 0 aromatic heterocycles. The van der Waals surface area contributed by atoms with Gasteiger partial charge in [-0.2, -0.15) is 0 Å². The molecule has 1 amide bonds. The second kappa shape index (κ2) is 8.54. The molecule has 0 radical (unpaired) electrons. The second-order valence-corrected chi connectivity index (χ2v) is 6.84. The van der Waals surface area contributed by atoms with E-state index in [1.165, 1.54) is 5.56 Å². The lowest BCUT2D eigenvalue weighted by Crippen LogP contribution is -2.34. The Balaban J connectivity index is 1.66. The first kappa shape index (κ1) is 18.7. The number of halogens is 1. The number of hydrogen-bond acceptors (Lipinski definition) is 4. The lowest BCUT2D eigenvalue weighted by atomic mass is 9.94. The summed E-state index contributed by atoms with van der Waals surface area (Å²) in [6.07, 6.45) is 0. The van der Waals surface area contributed by atoms with Crippen molar-refractivity contribution in [2.45, 2.75) is 26.4 Å². The van der Waals surface area contributed by atoms with Gasteiger partial charge in [0.05, 0.1) is 23.6 Å². The summed E-state index contributed by atoms with van der Waals surface area (Å²) in [7, 11) is 0. The van der Waals surface area contributed by atoms with E-state index in [-0.39, 0.29) is 17.9 Å². The predicted octanol–water partition coefficient (Wildman–Crippen LogP) is 3.13. The summed E-state index contributed by atoms with van der Waals surface area (Å²) >= 11 is 6.29. The van der Waals surface area contributed by atoms with Crippen molar-refractivity contribution in [2.75, 3.05) is 13.2 Å². The molecular formula is C20H24ClN3O2. The summed E-state index contributed by atoms with van der Waals surface area (Å²) in [4.78, 5) is 12.7. The summed E-state index contributed by atoms with van der Waals surface area (Å²) in [5.41, 5.74) is 9.51. The van der Waals surface area contributed by atoms with Gasteiger partial charge in [0.2, 0.25) is 5.91 Å². The Morgan fingerprint density at radius 3 is 2.73 bits per heavy atom. The molecular weight excluding hydrogens is 350 g/mol. The zero-order valence-corrected chi connectivity index (χ0v) is 15.8. The molecule has 1 aliphatic rings. The third-order valence-electron chi connectivity index (χ3n) is 4.52. The van der Waals surface area contributed by atoms with E-state index in [9.17, 15) is 4.79 Å². The van der Waals surface area contributed by atoms with E-state index in [0.29, 0.717) is 30.5 Å². The Hall–Kier alpha value is -2.08. The number of benzene rings is 2. The monoisotopic (exact) mass is 373 g/mol. The van der Waals surface area contributed by atoms with Gasteiger partial charge in [-0.25, -0.2) is 5.43 Å². The van der Waals surface area contributed by atoms with Gasteiger partial charge < -0.3 is 10.1 Å². The molecule has 0 saturated carbocycles. The predicted molar refractivity (Wildman–Crippen MR) is 103 cm³/mol. The number of carbonyl (C=O) groups is 1. The summed E-state index contributed by atoms with van der Waals surface area (Å²) in [5.74, 6) is 0.455. The Morgan fingerprint density at radius 1 is 1.27 bits per heavy atom. The summed E-state index contributed by atoms with van der Waals surface area (Å²) in [5, 5.41) is 3.58. The average molecular weight is 374 g/mol. The van der Waals surface area contributed by atoms with Gasteiger partial charge in [-0.05, 0) is 37.1 Å². The summed E-state index contributed by atoms with van der Waals surface area (Å²) in [6.45, 7) is 5.61. The lowest BCUT2D eigenvalue weighted by molar-refractivity contribution is -0.125. The zero-order chi connectivity index (χ0) is 18.5. The second-order valence-electron chi connectivity index (χ2n) is 6.44. The fourth-order valence-corrected chi connectivity index (χ4v) is 3.31. The first-order valence-electron chi connectivity index (χ1n) is 8.82. The molecule has 3 rings (SSSR count). The van der Waals surface area contributed by atoms with Gasteiger partial charge >= 0.3 is 0 Å². The van der Waals surface area contributed by atoms with Gasteiger partial charge in [0.15, 0.2) is 0 Å². The first-order valence-corrected chi connectivity index (χ1v) is 9.20. The number of ether oxygens (including phenoxy) is 1. The molecule has 6 heteroatoms. The van der Waals surface area contributed by atoms with E-state index in [0.717, 1.165) is 11.1 Å². The fraction of sp³-hybridized carbons (Fsp3) is 0.350. The molecule has 2 atom stereocenters. The highest BCUT2D eigenvalue weighted by Crippen LogP contribution is 2.32. The highest BCUT2D eigenvalue weighted by atomic mass is 35.5. The highest BCUT2D eigenvalue weighted by Gasteiger charge is 2.34. The summed E-state index contributed by atoms with van der Waals surface area (Å²) in [6, 6.07) is 13.7. The maximum Gasteiger partial charge on any atom is 0.226 e. The topological polar surface area (TPSA) is 62.4 Å². The van der Waals surface area contributed by atoms with Gasteiger partial charge in [-0.3, -0.25) is 10.2 Å². The molecule has 1 aliphatic heterocycles. The summed E-state index contributed by atoms with van der Waals surface area (Å²) < 4.78 is 5.48. The Bertz CT molecular complexity index is 764. The van der Waals surface area contributed by atoms with Crippen LogP contribution in [-0.2, 0) is 11.3 Å². The van der Waals surface area contributed by atoms with Gasteiger partial charge in [-0.1, -0.05) is 47.5 Å². The number of hydrazine groups is 1. The molecule has 2 aromatic carbocycles. The van der Waals surface area contributed by atoms with E-state index < -0.39 is 0 Å². The number of hydrogen-bond donors (Lipinski definition) is 3. The van der Waals surface area contributed by atoms with Crippen LogP contribution in [0.4, 0.5) is 0 Å². The largest absolute Gasteiger partial charge is 0.492 e. The third-order valence-corrected chi connectivity index (χ3v) is 4.82. The maximum absolute atomic E-state index is 12.7. The molecule has 2 unspecified atom stereocenters. The number of nitrogens with one attached hydrogen (secondary N) is 3. The van der Waals surface area contributed by atoms with Crippen molar-refractivity contribution >= 4 is 17.5 Å². The van der Waals surface area contributed by atoms with Gasteiger partial charge in [0.1, 0.15) is 5.75 Å². The number of aryl methyl sites for hydroxylation is 1. The van der Waals surface area contributed by atoms with Crippen molar-refractivity contribution in [2.24, 2.45) is 5.92 Å². The Morgan fingerprint density at radius 2 is 2.04 bits per heavy atom. The van der Waals surface area contributed by atoms with Gasteiger partial charge in [-0.15, -0.1) is 0 Å². The molecule has 0 bridgehead atoms. The minimum absolute atomic E-state index is 0.0121. The average Bonchev–Trinajstić information content (AvgIpc) is 3.13. The minimum atomic E-state index is -0.213. The molecule has 0 spiro atoms. The SMILES string of the molecule is CCOc1ccc(C2NNCC2C(=O)NCc2ccc(C)cc2)cc1Cl. The van der Waals surface area contributed by atoms with Crippen molar-refractivity contribution in [1.82, 2.24) is 16.2 Å². The van der Waals surface area contributed by atoms with Crippen molar-refractivity contribution in [3.8, 4) is 5.75 Å². The smallest absolute Gasteiger partial charge is 0.226 e. The van der Waals surface area contributed by atoms with Gasteiger partial charge in [0, 0.05) is 13.1 Å². The number of carbonyl (C=O) groups excluding carboxylic acids is 1. The van der Waals surface area contributed by atoms with Crippen LogP contribution in [-0.4, -0.2) is 19.1 Å². The molecule has 5 nitrogen and oxygen atoms in total. The normalized spacial score (nSPS) is 19.3. The van der Waals surface area contributed by atoms with E-state index >= 15 is 0 Å². The van der Waals surface area contributed by atoms with E-state index in [1.54, 1.807) is 0 Å². The maximum atomic E-state index is 12.7. The van der Waals surface area contributed by atoms with E-state index in [4.69, 9.17) is 16.3 Å². The Labute approximate surface area is 159 Å². The van der Waals surface area contributed by atoms with Gasteiger partial charge in [0.25, 0.3) is 0 Å². The highest BCUT2D eigenvalue weighted by molar-refractivity contribution is 6.32. The Kier molecular flexibility index (Phi) is 6.14. The quantitative estimate of drug-likeness (QED) is 0.728.